The van der Waals surface area contributed by atoms with E-state index in [9.17, 15) is 9.59 Å². The Labute approximate surface area is 397 Å². The van der Waals surface area contributed by atoms with Crippen LogP contribution in [0.1, 0.15) is 66.2 Å². The number of anilines is 2. The molecule has 0 bridgehead atoms. The summed E-state index contributed by atoms with van der Waals surface area (Å²) in [6.45, 7) is 13.2. The van der Waals surface area contributed by atoms with Gasteiger partial charge < -0.3 is 40.2 Å². The molecule has 0 aliphatic carbocycles. The second-order valence-electron chi connectivity index (χ2n) is 16.1. The lowest BCUT2D eigenvalue weighted by atomic mass is 10.1. The monoisotopic (exact) mass is 925 g/mol. The minimum Gasteiger partial charge on any atom is -0.353 e. The van der Waals surface area contributed by atoms with E-state index >= 15 is 0 Å². The third-order valence-electron chi connectivity index (χ3n) is 11.0. The van der Waals surface area contributed by atoms with Crippen LogP contribution in [-0.4, -0.2) is 112 Å². The van der Waals surface area contributed by atoms with Crippen molar-refractivity contribution < 1.29 is 28.5 Å². The van der Waals surface area contributed by atoms with Crippen LogP contribution in [0.25, 0.3) is 55.7 Å². The van der Waals surface area contributed by atoms with Crippen LogP contribution in [0.3, 0.4) is 0 Å². The summed E-state index contributed by atoms with van der Waals surface area (Å²) in [4.78, 5) is 30.6. The second-order valence-corrected chi connectivity index (χ2v) is 16.1. The summed E-state index contributed by atoms with van der Waals surface area (Å²) in [6.07, 6.45) is 7.05. The molecule has 2 amide bonds. The molecule has 0 spiro atoms. The number of carbonyl (C=O) groups is 2. The maximum atomic E-state index is 12.8. The van der Waals surface area contributed by atoms with E-state index in [2.05, 4.69) is 48.0 Å². The van der Waals surface area contributed by atoms with Crippen LogP contribution in [0, 0.1) is 0 Å². The fraction of sp³-hybridized carbons (Fsp3) is 0.392. The van der Waals surface area contributed by atoms with Gasteiger partial charge in [0.25, 0.3) is 0 Å². The molecule has 7 aromatic rings. The minimum atomic E-state index is -0.206. The Balaban J connectivity index is 0.927. The highest BCUT2D eigenvalue weighted by molar-refractivity contribution is 5.94. The number of hydrogen-bond acceptors (Lipinski definition) is 13. The van der Waals surface area contributed by atoms with Crippen molar-refractivity contribution in [2.75, 3.05) is 63.2 Å². The zero-order valence-electron chi connectivity index (χ0n) is 39.4. The van der Waals surface area contributed by atoms with Gasteiger partial charge in [-0.1, -0.05) is 46.8 Å². The first kappa shape index (κ1) is 49.4. The van der Waals surface area contributed by atoms with Gasteiger partial charge >= 0.3 is 0 Å². The van der Waals surface area contributed by atoms with Crippen molar-refractivity contribution in [1.82, 2.24) is 45.6 Å². The van der Waals surface area contributed by atoms with Gasteiger partial charge in [-0.15, -0.1) is 10.2 Å². The van der Waals surface area contributed by atoms with Gasteiger partial charge in [0.15, 0.2) is 12.6 Å². The van der Waals surface area contributed by atoms with E-state index in [-0.39, 0.29) is 24.4 Å². The normalized spacial score (nSPS) is 11.6. The Morgan fingerprint density at radius 3 is 1.41 bits per heavy atom. The molecule has 4 N–H and O–H groups in total. The summed E-state index contributed by atoms with van der Waals surface area (Å²) < 4.78 is 25.8. The summed E-state index contributed by atoms with van der Waals surface area (Å²) >= 11 is 0. The molecule has 4 aromatic carbocycles. The van der Waals surface area contributed by atoms with Crippen molar-refractivity contribution in [3.63, 3.8) is 0 Å². The fourth-order valence-electron chi connectivity index (χ4n) is 7.70. The molecule has 7 rings (SSSR count). The van der Waals surface area contributed by atoms with Gasteiger partial charge in [-0.2, -0.15) is 0 Å². The maximum absolute atomic E-state index is 12.8. The van der Waals surface area contributed by atoms with Crippen molar-refractivity contribution in [2.45, 2.75) is 78.8 Å². The number of ether oxygens (including phenoxy) is 4. The summed E-state index contributed by atoms with van der Waals surface area (Å²) in [5, 5.41) is 32.5. The lowest BCUT2D eigenvalue weighted by Gasteiger charge is -2.16. The quantitative estimate of drug-likeness (QED) is 0.0210. The Bertz CT molecular complexity index is 2510. The van der Waals surface area contributed by atoms with Gasteiger partial charge in [0.1, 0.15) is 11.4 Å². The molecule has 3 aromatic heterocycles. The number of amides is 2. The predicted octanol–water partition coefficient (Wildman–Crippen LogP) is 8.08. The molecule has 0 unspecified atom stereocenters. The zero-order valence-corrected chi connectivity index (χ0v) is 39.4. The molecule has 358 valence electrons. The van der Waals surface area contributed by atoms with Crippen molar-refractivity contribution >= 4 is 45.0 Å². The van der Waals surface area contributed by atoms with Crippen LogP contribution in [0.15, 0.2) is 103 Å². The number of aromatic nitrogens is 7. The predicted molar refractivity (Wildman–Crippen MR) is 265 cm³/mol. The van der Waals surface area contributed by atoms with Gasteiger partial charge in [0.05, 0.1) is 34.8 Å². The van der Waals surface area contributed by atoms with Gasteiger partial charge in [-0.3, -0.25) is 9.59 Å². The van der Waals surface area contributed by atoms with Crippen molar-refractivity contribution in [1.29, 1.82) is 0 Å². The Hall–Kier alpha value is -6.47. The average Bonchev–Trinajstić information content (AvgIpc) is 4.05. The highest BCUT2D eigenvalue weighted by Gasteiger charge is 2.13. The van der Waals surface area contributed by atoms with Crippen molar-refractivity contribution in [3.8, 4) is 33.9 Å². The molecule has 0 aliphatic heterocycles. The maximum Gasteiger partial charge on any atom is 0.224 e. The molecule has 0 aliphatic rings. The summed E-state index contributed by atoms with van der Waals surface area (Å²) in [5.41, 5.74) is 7.60. The highest BCUT2D eigenvalue weighted by Crippen LogP contribution is 2.27. The second kappa shape index (κ2) is 25.6. The first-order valence-corrected chi connectivity index (χ1v) is 23.7. The number of fused-ring (bicyclic) bond motifs is 2. The fourth-order valence-corrected chi connectivity index (χ4v) is 7.70. The number of nitrogens with zero attached hydrogens (tertiary/aromatic N) is 7. The molecule has 0 fully saturated rings. The average molecular weight is 926 g/mol. The number of rotatable bonds is 28. The topological polar surface area (TPSA) is 193 Å². The summed E-state index contributed by atoms with van der Waals surface area (Å²) in [6, 6.07) is 29.3. The molecule has 0 saturated carbocycles. The molecule has 17 heteroatoms. The molecular weight excluding hydrogens is 863 g/mol. The molecule has 3 heterocycles. The first-order valence-electron chi connectivity index (χ1n) is 23.7. The standard InChI is InChI=1S/C51H63N11O6/c1-5-65-50(66-6-2)23-27-52-25-11-17-48(63)54-40-15-9-13-36(30-40)46-34-61(59-57-46)42-21-19-38-29-39-20-22-43(33-45(39)56-44(38)32-42)62-35-47(58-60-62)37-14-10-16-41(31-37)55-49(64)18-12-26-53-28-24-51(67-7-3)68-8-4/h9-10,13-16,19-22,29-35,50-53H,5-8,11-12,17-18,23-28H2,1-4H3,(H,54,63)(H,55,64). The van der Waals surface area contributed by atoms with E-state index in [0.29, 0.717) is 74.9 Å². The van der Waals surface area contributed by atoms with E-state index in [1.807, 2.05) is 125 Å². The van der Waals surface area contributed by atoms with E-state index in [1.54, 1.807) is 9.36 Å². The third kappa shape index (κ3) is 14.3. The van der Waals surface area contributed by atoms with Gasteiger partial charge in [-0.25, -0.2) is 14.3 Å². The Morgan fingerprint density at radius 2 is 0.985 bits per heavy atom. The van der Waals surface area contributed by atoms with Crippen LogP contribution in [0.4, 0.5) is 11.4 Å². The summed E-state index contributed by atoms with van der Waals surface area (Å²) in [5.74, 6) is -0.101. The SMILES string of the molecule is CCOC(CCNCCCC(=O)Nc1cccc(-c2cn(-c3ccc4cc5ccc(-n6cc(-c7cccc(NC(=O)CCCNCCC(OCC)OCC)c7)nn6)cc5nc4c3)nn2)c1)OCC. The smallest absolute Gasteiger partial charge is 0.224 e. The number of benzene rings is 4. The number of hydrogen-bond donors (Lipinski definition) is 4. The molecule has 0 atom stereocenters. The minimum absolute atomic E-state index is 0.0503. The van der Waals surface area contributed by atoms with Crippen LogP contribution < -0.4 is 21.3 Å². The van der Waals surface area contributed by atoms with E-state index in [4.69, 9.17) is 23.9 Å². The lowest BCUT2D eigenvalue weighted by Crippen LogP contribution is -2.26. The summed E-state index contributed by atoms with van der Waals surface area (Å²) in [7, 11) is 0. The largest absolute Gasteiger partial charge is 0.353 e. The number of carbonyl (C=O) groups excluding carboxylic acids is 2. The molecule has 68 heavy (non-hydrogen) atoms. The highest BCUT2D eigenvalue weighted by atomic mass is 16.7. The van der Waals surface area contributed by atoms with E-state index in [1.165, 1.54) is 0 Å². The van der Waals surface area contributed by atoms with Crippen molar-refractivity contribution in [3.05, 3.63) is 103 Å². The lowest BCUT2D eigenvalue weighted by molar-refractivity contribution is -0.138. The van der Waals surface area contributed by atoms with Gasteiger partial charge in [0, 0.05) is 85.4 Å². The molecule has 17 nitrogen and oxygen atoms in total. The Kier molecular flexibility index (Phi) is 18.6. The molecular formula is C51H63N11O6. The first-order chi connectivity index (χ1) is 33.3. The zero-order chi connectivity index (χ0) is 47.5. The van der Waals surface area contributed by atoms with E-state index in [0.717, 1.165) is 83.3 Å². The van der Waals surface area contributed by atoms with Crippen LogP contribution in [0.5, 0.6) is 0 Å². The molecule has 0 saturated heterocycles. The van der Waals surface area contributed by atoms with Gasteiger partial charge in [-0.05, 0) is 121 Å². The van der Waals surface area contributed by atoms with Crippen molar-refractivity contribution in [2.24, 2.45) is 0 Å². The molecule has 0 radical (unpaired) electrons. The number of pyridine rings is 1. The third-order valence-corrected chi connectivity index (χ3v) is 11.0. The van der Waals surface area contributed by atoms with Crippen LogP contribution >= 0.6 is 0 Å². The van der Waals surface area contributed by atoms with Gasteiger partial charge in [0.2, 0.25) is 11.8 Å². The van der Waals surface area contributed by atoms with E-state index < -0.39 is 0 Å². The Morgan fingerprint density at radius 1 is 0.544 bits per heavy atom. The van der Waals surface area contributed by atoms with Crippen LogP contribution in [-0.2, 0) is 28.5 Å². The van der Waals surface area contributed by atoms with Crippen LogP contribution in [0.2, 0.25) is 0 Å². The number of nitrogens with one attached hydrogen (secondary N) is 4.